The Hall–Kier alpha value is -3.44. The first-order valence-electron chi connectivity index (χ1n) is 9.64. The van der Waals surface area contributed by atoms with E-state index in [0.717, 1.165) is 11.8 Å². The third-order valence-electron chi connectivity index (χ3n) is 4.65. The zero-order valence-corrected chi connectivity index (χ0v) is 18.5. The molecule has 32 heavy (non-hydrogen) atoms. The van der Waals surface area contributed by atoms with E-state index in [1.807, 2.05) is 0 Å². The Labute approximate surface area is 187 Å². The molecule has 1 heterocycles. The first-order valence-corrected chi connectivity index (χ1v) is 10.5. The summed E-state index contributed by atoms with van der Waals surface area (Å²) in [5.41, 5.74) is 0.318. The fourth-order valence-corrected chi connectivity index (χ4v) is 3.91. The van der Waals surface area contributed by atoms with Crippen molar-refractivity contribution in [3.63, 3.8) is 0 Å². The summed E-state index contributed by atoms with van der Waals surface area (Å²) < 4.78 is 11.8. The second-order valence-electron chi connectivity index (χ2n) is 6.75. The first kappa shape index (κ1) is 23.2. The van der Waals surface area contributed by atoms with Crippen LogP contribution >= 0.6 is 11.8 Å². The van der Waals surface area contributed by atoms with E-state index in [9.17, 15) is 19.7 Å². The normalized spacial score (nSPS) is 11.8. The van der Waals surface area contributed by atoms with Crippen molar-refractivity contribution in [2.75, 3.05) is 26.1 Å². The van der Waals surface area contributed by atoms with Crippen LogP contribution in [0.1, 0.15) is 6.92 Å². The summed E-state index contributed by atoms with van der Waals surface area (Å²) in [6, 6.07) is 10.9. The van der Waals surface area contributed by atoms with Gasteiger partial charge in [-0.05, 0) is 25.1 Å². The maximum Gasteiger partial charge on any atom is 0.271 e. The highest BCUT2D eigenvalue weighted by atomic mass is 32.2. The van der Waals surface area contributed by atoms with Gasteiger partial charge >= 0.3 is 0 Å². The van der Waals surface area contributed by atoms with Gasteiger partial charge in [0.25, 0.3) is 11.2 Å². The number of aromatic nitrogens is 2. The molecular formula is C21H22N4O6S. The summed E-state index contributed by atoms with van der Waals surface area (Å²) in [5.74, 6) is -0.128. The Morgan fingerprint density at radius 3 is 2.72 bits per heavy atom. The molecule has 168 valence electrons. The van der Waals surface area contributed by atoms with Crippen LogP contribution in [0, 0.1) is 10.1 Å². The molecule has 0 aliphatic heterocycles. The van der Waals surface area contributed by atoms with Gasteiger partial charge in [0.2, 0.25) is 5.91 Å². The van der Waals surface area contributed by atoms with Crippen molar-refractivity contribution in [1.82, 2.24) is 9.55 Å². The molecule has 0 spiro atoms. The number of benzene rings is 2. The van der Waals surface area contributed by atoms with Crippen LogP contribution in [0.25, 0.3) is 10.9 Å². The van der Waals surface area contributed by atoms with E-state index >= 15 is 0 Å². The van der Waals surface area contributed by atoms with E-state index in [0.29, 0.717) is 28.4 Å². The molecule has 0 saturated carbocycles. The molecule has 0 aliphatic rings. The smallest absolute Gasteiger partial charge is 0.271 e. The third-order valence-corrected chi connectivity index (χ3v) is 5.74. The van der Waals surface area contributed by atoms with Gasteiger partial charge in [-0.2, -0.15) is 0 Å². The minimum absolute atomic E-state index is 0.175. The number of carbonyl (C=O) groups excluding carboxylic acids is 1. The number of rotatable bonds is 9. The van der Waals surface area contributed by atoms with Crippen LogP contribution in [0.15, 0.2) is 52.4 Å². The predicted octanol–water partition coefficient (Wildman–Crippen LogP) is 3.08. The average Bonchev–Trinajstić information content (AvgIpc) is 2.78. The van der Waals surface area contributed by atoms with Gasteiger partial charge < -0.3 is 14.8 Å². The van der Waals surface area contributed by atoms with E-state index in [-0.39, 0.29) is 23.5 Å². The Morgan fingerprint density at radius 1 is 1.28 bits per heavy atom. The minimum Gasteiger partial charge on any atom is -0.495 e. The Balaban J connectivity index is 1.89. The van der Waals surface area contributed by atoms with E-state index in [1.165, 1.54) is 37.0 Å². The van der Waals surface area contributed by atoms with Crippen LogP contribution in [0.4, 0.5) is 11.4 Å². The molecule has 1 amide bonds. The van der Waals surface area contributed by atoms with E-state index < -0.39 is 16.1 Å². The fourth-order valence-electron chi connectivity index (χ4n) is 2.97. The summed E-state index contributed by atoms with van der Waals surface area (Å²) in [6.45, 7) is 2.24. The molecule has 2 aromatic carbocycles. The summed E-state index contributed by atoms with van der Waals surface area (Å²) in [5, 5.41) is 13.9. The van der Waals surface area contributed by atoms with Crippen molar-refractivity contribution in [3.8, 4) is 5.75 Å². The number of anilines is 1. The highest BCUT2D eigenvalue weighted by molar-refractivity contribution is 8.00. The number of fused-ring (bicyclic) bond motifs is 1. The average molecular weight is 458 g/mol. The monoisotopic (exact) mass is 458 g/mol. The number of para-hydroxylation sites is 1. The van der Waals surface area contributed by atoms with Crippen LogP contribution in [-0.2, 0) is 16.1 Å². The number of ether oxygens (including phenoxy) is 2. The van der Waals surface area contributed by atoms with Crippen LogP contribution in [0.5, 0.6) is 5.75 Å². The van der Waals surface area contributed by atoms with Crippen molar-refractivity contribution in [2.24, 2.45) is 0 Å². The topological polar surface area (TPSA) is 126 Å². The van der Waals surface area contributed by atoms with Gasteiger partial charge in [-0.15, -0.1) is 0 Å². The number of nitro benzene ring substituents is 1. The maximum atomic E-state index is 13.0. The van der Waals surface area contributed by atoms with E-state index in [4.69, 9.17) is 9.47 Å². The molecule has 1 aromatic heterocycles. The standard InChI is InChI=1S/C21H22N4O6S/c1-13(19(26)22-17-12-14(25(28)29)8-9-18(17)31-3)32-21-23-16-7-5-4-6-15(16)20(27)24(21)10-11-30-2/h4-9,12-13H,10-11H2,1-3H3,(H,22,26). The molecule has 1 unspecified atom stereocenters. The summed E-state index contributed by atoms with van der Waals surface area (Å²) >= 11 is 1.11. The number of non-ortho nitro benzene ring substituents is 1. The number of nitrogens with zero attached hydrogens (tertiary/aromatic N) is 3. The number of hydrogen-bond acceptors (Lipinski definition) is 8. The SMILES string of the molecule is COCCn1c(SC(C)C(=O)Nc2cc([N+](=O)[O-])ccc2OC)nc2ccccc2c1=O. The molecule has 3 rings (SSSR count). The van der Waals surface area contributed by atoms with Crippen molar-refractivity contribution in [2.45, 2.75) is 23.9 Å². The molecular weight excluding hydrogens is 436 g/mol. The van der Waals surface area contributed by atoms with Gasteiger partial charge in [0.15, 0.2) is 5.16 Å². The van der Waals surface area contributed by atoms with Crippen LogP contribution in [0.3, 0.4) is 0 Å². The largest absolute Gasteiger partial charge is 0.495 e. The second-order valence-corrected chi connectivity index (χ2v) is 8.06. The third kappa shape index (κ3) is 5.06. The van der Waals surface area contributed by atoms with E-state index in [2.05, 4.69) is 10.3 Å². The van der Waals surface area contributed by atoms with Crippen LogP contribution in [0.2, 0.25) is 0 Å². The Morgan fingerprint density at radius 2 is 2.03 bits per heavy atom. The molecule has 3 aromatic rings. The fraction of sp³-hybridized carbons (Fsp3) is 0.286. The Bertz CT molecular complexity index is 1210. The van der Waals surface area contributed by atoms with Gasteiger partial charge in [0, 0.05) is 19.2 Å². The summed E-state index contributed by atoms with van der Waals surface area (Å²) in [4.78, 5) is 40.9. The van der Waals surface area contributed by atoms with E-state index in [1.54, 1.807) is 31.2 Å². The molecule has 0 aliphatic carbocycles. The first-order chi connectivity index (χ1) is 15.3. The molecule has 10 nitrogen and oxygen atoms in total. The van der Waals surface area contributed by atoms with Crippen molar-refractivity contribution in [1.29, 1.82) is 0 Å². The van der Waals surface area contributed by atoms with Gasteiger partial charge in [0.05, 0.1) is 47.0 Å². The number of thioether (sulfide) groups is 1. The van der Waals surface area contributed by atoms with Gasteiger partial charge in [-0.25, -0.2) is 4.98 Å². The number of amides is 1. The number of methoxy groups -OCH3 is 2. The lowest BCUT2D eigenvalue weighted by Crippen LogP contribution is -2.28. The Kier molecular flexibility index (Phi) is 7.44. The number of nitro groups is 1. The number of carbonyl (C=O) groups is 1. The molecule has 0 bridgehead atoms. The number of nitrogens with one attached hydrogen (secondary N) is 1. The van der Waals surface area contributed by atoms with Gasteiger partial charge in [-0.1, -0.05) is 23.9 Å². The van der Waals surface area contributed by atoms with Crippen LogP contribution in [-0.4, -0.2) is 46.5 Å². The van der Waals surface area contributed by atoms with Gasteiger partial charge in [-0.3, -0.25) is 24.3 Å². The minimum atomic E-state index is -0.666. The van der Waals surface area contributed by atoms with Crippen molar-refractivity contribution >= 4 is 39.9 Å². The quantitative estimate of drug-likeness (QED) is 0.224. The molecule has 0 fully saturated rings. The molecule has 0 radical (unpaired) electrons. The summed E-state index contributed by atoms with van der Waals surface area (Å²) in [7, 11) is 2.94. The lowest BCUT2D eigenvalue weighted by Gasteiger charge is -2.17. The van der Waals surface area contributed by atoms with Crippen molar-refractivity contribution < 1.29 is 19.2 Å². The lowest BCUT2D eigenvalue weighted by molar-refractivity contribution is -0.384. The molecule has 11 heteroatoms. The van der Waals surface area contributed by atoms with Gasteiger partial charge in [0.1, 0.15) is 5.75 Å². The van der Waals surface area contributed by atoms with Crippen molar-refractivity contribution in [3.05, 3.63) is 62.9 Å². The van der Waals surface area contributed by atoms with Crippen LogP contribution < -0.4 is 15.6 Å². The highest BCUT2D eigenvalue weighted by Gasteiger charge is 2.21. The number of hydrogen-bond donors (Lipinski definition) is 1. The molecule has 1 atom stereocenters. The zero-order chi connectivity index (χ0) is 23.3. The highest BCUT2D eigenvalue weighted by Crippen LogP contribution is 2.30. The predicted molar refractivity (Wildman–Crippen MR) is 121 cm³/mol. The zero-order valence-electron chi connectivity index (χ0n) is 17.7. The summed E-state index contributed by atoms with van der Waals surface area (Å²) in [6.07, 6.45) is 0. The second kappa shape index (κ2) is 10.2. The lowest BCUT2D eigenvalue weighted by atomic mass is 10.2. The molecule has 0 saturated heterocycles. The molecule has 1 N–H and O–H groups in total. The maximum absolute atomic E-state index is 13.0.